The molecule has 1 N–H and O–H groups in total. The zero-order valence-corrected chi connectivity index (χ0v) is 14.7. The number of hydrogen-bond donors (Lipinski definition) is 1. The minimum absolute atomic E-state index is 0.147. The van der Waals surface area contributed by atoms with Crippen LogP contribution in [0, 0.1) is 5.92 Å². The van der Waals surface area contributed by atoms with E-state index >= 15 is 0 Å². The van der Waals surface area contributed by atoms with E-state index in [2.05, 4.69) is 46.4 Å². The van der Waals surface area contributed by atoms with E-state index in [4.69, 9.17) is 0 Å². The Kier molecular flexibility index (Phi) is 4.43. The molecular weight excluding hydrogens is 310 g/mol. The maximum Gasteiger partial charge on any atom is 0.227 e. The number of para-hydroxylation sites is 1. The zero-order valence-electron chi connectivity index (χ0n) is 14.7. The summed E-state index contributed by atoms with van der Waals surface area (Å²) < 4.78 is 0. The molecule has 1 aromatic heterocycles. The first kappa shape index (κ1) is 16.1. The number of hydrogen-bond acceptors (Lipinski definition) is 3. The van der Waals surface area contributed by atoms with E-state index < -0.39 is 0 Å². The number of fused-ring (bicyclic) bond motifs is 1. The molecule has 4 rings (SSSR count). The zero-order chi connectivity index (χ0) is 17.2. The van der Waals surface area contributed by atoms with Gasteiger partial charge in [-0.2, -0.15) is 0 Å². The van der Waals surface area contributed by atoms with Gasteiger partial charge in [0.1, 0.15) is 5.82 Å². The van der Waals surface area contributed by atoms with Gasteiger partial charge in [0, 0.05) is 17.6 Å². The fourth-order valence-corrected chi connectivity index (χ4v) is 4.13. The second-order valence-corrected chi connectivity index (χ2v) is 7.28. The van der Waals surface area contributed by atoms with Gasteiger partial charge in [0.05, 0.1) is 11.9 Å². The number of anilines is 3. The molecule has 1 unspecified atom stereocenters. The average molecular weight is 335 g/mol. The minimum atomic E-state index is 0.147. The number of aromatic nitrogens is 1. The van der Waals surface area contributed by atoms with E-state index in [1.54, 1.807) is 6.20 Å². The summed E-state index contributed by atoms with van der Waals surface area (Å²) in [4.78, 5) is 19.3. The molecule has 0 saturated heterocycles. The third-order valence-electron chi connectivity index (χ3n) is 5.45. The lowest BCUT2D eigenvalue weighted by atomic mass is 9.88. The van der Waals surface area contributed by atoms with Gasteiger partial charge < -0.3 is 10.2 Å². The summed E-state index contributed by atoms with van der Waals surface area (Å²) in [7, 11) is 0. The molecule has 25 heavy (non-hydrogen) atoms. The standard InChI is InChI=1S/C21H25N3O/c1-15-13-17-9-5-6-10-19(17)24(15)20-12-11-18(14-22-20)23-21(25)16-7-3-2-4-8-16/h5-6,9-12,14-16H,2-4,7-8,13H2,1H3,(H,23,25). The molecule has 0 bridgehead atoms. The van der Waals surface area contributed by atoms with Crippen LogP contribution in [0.5, 0.6) is 0 Å². The number of amides is 1. The van der Waals surface area contributed by atoms with Crippen LogP contribution < -0.4 is 10.2 Å². The average Bonchev–Trinajstić information content (AvgIpc) is 2.99. The molecule has 2 aromatic rings. The van der Waals surface area contributed by atoms with E-state index in [0.29, 0.717) is 6.04 Å². The molecule has 0 spiro atoms. The Morgan fingerprint density at radius 2 is 1.92 bits per heavy atom. The molecule has 0 radical (unpaired) electrons. The van der Waals surface area contributed by atoms with Gasteiger partial charge in [-0.25, -0.2) is 4.98 Å². The Labute approximate surface area is 149 Å². The lowest BCUT2D eigenvalue weighted by Crippen LogP contribution is -2.26. The van der Waals surface area contributed by atoms with E-state index in [1.807, 2.05) is 12.1 Å². The van der Waals surface area contributed by atoms with Crippen molar-refractivity contribution in [2.75, 3.05) is 10.2 Å². The molecule has 2 aliphatic rings. The first-order chi connectivity index (χ1) is 12.2. The van der Waals surface area contributed by atoms with Gasteiger partial charge in [-0.15, -0.1) is 0 Å². The SMILES string of the molecule is CC1Cc2ccccc2N1c1ccc(NC(=O)C2CCCCC2)cn1. The number of nitrogens with zero attached hydrogens (tertiary/aromatic N) is 2. The van der Waals surface area contributed by atoms with Gasteiger partial charge in [-0.05, 0) is 49.9 Å². The fourth-order valence-electron chi connectivity index (χ4n) is 4.13. The van der Waals surface area contributed by atoms with Gasteiger partial charge in [0.2, 0.25) is 5.91 Å². The second kappa shape index (κ2) is 6.87. The van der Waals surface area contributed by atoms with E-state index in [9.17, 15) is 4.79 Å². The Balaban J connectivity index is 1.48. The van der Waals surface area contributed by atoms with Crippen molar-refractivity contribution in [3.05, 3.63) is 48.2 Å². The predicted octanol–water partition coefficient (Wildman–Crippen LogP) is 4.68. The molecule has 1 saturated carbocycles. The predicted molar refractivity (Wildman–Crippen MR) is 101 cm³/mol. The lowest BCUT2D eigenvalue weighted by Gasteiger charge is -2.24. The summed E-state index contributed by atoms with van der Waals surface area (Å²) in [5.74, 6) is 1.25. The van der Waals surface area contributed by atoms with Gasteiger partial charge in [-0.1, -0.05) is 37.5 Å². The smallest absolute Gasteiger partial charge is 0.227 e. The molecule has 1 aliphatic heterocycles. The first-order valence-corrected chi connectivity index (χ1v) is 9.36. The van der Waals surface area contributed by atoms with Gasteiger partial charge in [-0.3, -0.25) is 4.79 Å². The summed E-state index contributed by atoms with van der Waals surface area (Å²) >= 11 is 0. The Morgan fingerprint density at radius 1 is 1.12 bits per heavy atom. The molecule has 1 amide bonds. The molecule has 2 heterocycles. The molecule has 1 fully saturated rings. The normalized spacial score (nSPS) is 20.4. The maximum atomic E-state index is 12.4. The van der Waals surface area contributed by atoms with Crippen LogP contribution in [0.1, 0.15) is 44.6 Å². The summed E-state index contributed by atoms with van der Waals surface area (Å²) in [5.41, 5.74) is 3.40. The monoisotopic (exact) mass is 335 g/mol. The quantitative estimate of drug-likeness (QED) is 0.885. The third kappa shape index (κ3) is 3.26. The highest BCUT2D eigenvalue weighted by Crippen LogP contribution is 2.37. The summed E-state index contributed by atoms with van der Waals surface area (Å²) in [6.45, 7) is 2.22. The molecular formula is C21H25N3O. The molecule has 4 heteroatoms. The van der Waals surface area contributed by atoms with Crippen molar-refractivity contribution >= 4 is 23.1 Å². The topological polar surface area (TPSA) is 45.2 Å². The highest BCUT2D eigenvalue weighted by Gasteiger charge is 2.27. The number of benzene rings is 1. The Bertz CT molecular complexity index is 750. The maximum absolute atomic E-state index is 12.4. The van der Waals surface area contributed by atoms with E-state index in [1.165, 1.54) is 30.5 Å². The molecule has 1 aromatic carbocycles. The number of carbonyl (C=O) groups is 1. The molecule has 1 aliphatic carbocycles. The van der Waals surface area contributed by atoms with Crippen molar-refractivity contribution in [3.63, 3.8) is 0 Å². The first-order valence-electron chi connectivity index (χ1n) is 9.36. The van der Waals surface area contributed by atoms with E-state index in [0.717, 1.165) is 30.8 Å². The summed E-state index contributed by atoms with van der Waals surface area (Å²) in [6, 6.07) is 12.9. The Hall–Kier alpha value is -2.36. The highest BCUT2D eigenvalue weighted by atomic mass is 16.1. The van der Waals surface area contributed by atoms with Gasteiger partial charge in [0.15, 0.2) is 0 Å². The van der Waals surface area contributed by atoms with Crippen LogP contribution in [0.25, 0.3) is 0 Å². The van der Waals surface area contributed by atoms with Gasteiger partial charge >= 0.3 is 0 Å². The van der Waals surface area contributed by atoms with E-state index in [-0.39, 0.29) is 11.8 Å². The van der Waals surface area contributed by atoms with Crippen LogP contribution in [0.4, 0.5) is 17.2 Å². The van der Waals surface area contributed by atoms with Gasteiger partial charge in [0.25, 0.3) is 0 Å². The third-order valence-corrected chi connectivity index (χ3v) is 5.45. The molecule has 4 nitrogen and oxygen atoms in total. The summed E-state index contributed by atoms with van der Waals surface area (Å²) in [6.07, 6.45) is 8.44. The van der Waals surface area contributed by atoms with Crippen molar-refractivity contribution in [2.24, 2.45) is 5.92 Å². The van der Waals surface area contributed by atoms with Crippen molar-refractivity contribution in [2.45, 2.75) is 51.5 Å². The molecule has 1 atom stereocenters. The second-order valence-electron chi connectivity index (χ2n) is 7.28. The van der Waals surface area contributed by atoms with Crippen molar-refractivity contribution in [3.8, 4) is 0 Å². The minimum Gasteiger partial charge on any atom is -0.324 e. The number of pyridine rings is 1. The van der Waals surface area contributed by atoms with Crippen LogP contribution in [0.3, 0.4) is 0 Å². The van der Waals surface area contributed by atoms with Crippen molar-refractivity contribution in [1.29, 1.82) is 0 Å². The number of carbonyl (C=O) groups excluding carboxylic acids is 1. The number of rotatable bonds is 3. The van der Waals surface area contributed by atoms with Crippen LogP contribution in [0.15, 0.2) is 42.6 Å². The fraction of sp³-hybridized carbons (Fsp3) is 0.429. The highest BCUT2D eigenvalue weighted by molar-refractivity contribution is 5.92. The molecule has 130 valence electrons. The lowest BCUT2D eigenvalue weighted by molar-refractivity contribution is -0.120. The summed E-state index contributed by atoms with van der Waals surface area (Å²) in [5, 5.41) is 3.04. The van der Waals surface area contributed by atoms with Crippen LogP contribution >= 0.6 is 0 Å². The van der Waals surface area contributed by atoms with Crippen LogP contribution in [0.2, 0.25) is 0 Å². The van der Waals surface area contributed by atoms with Crippen LogP contribution in [-0.4, -0.2) is 16.9 Å². The van der Waals surface area contributed by atoms with Crippen molar-refractivity contribution < 1.29 is 4.79 Å². The largest absolute Gasteiger partial charge is 0.324 e. The number of nitrogens with one attached hydrogen (secondary N) is 1. The van der Waals surface area contributed by atoms with Crippen molar-refractivity contribution in [1.82, 2.24) is 4.98 Å². The Morgan fingerprint density at radius 3 is 2.68 bits per heavy atom. The van der Waals surface area contributed by atoms with Crippen LogP contribution in [-0.2, 0) is 11.2 Å².